The monoisotopic (exact) mass is 204 g/mol. The Hall–Kier alpha value is -1.23. The van der Waals surface area contributed by atoms with Crippen LogP contribution in [0, 0.1) is 6.92 Å². The number of hydrogen-bond donors (Lipinski definition) is 0. The minimum atomic E-state index is -3.09. The SMILES string of the molecule is Cc1ccc(OCC(F)(F)C[OH2+])cn1. The fraction of sp³-hybridized carbons (Fsp3) is 0.444. The van der Waals surface area contributed by atoms with Crippen molar-refractivity contribution in [3.8, 4) is 5.75 Å². The van der Waals surface area contributed by atoms with E-state index < -0.39 is 19.1 Å². The number of ether oxygens (including phenoxy) is 1. The van der Waals surface area contributed by atoms with Crippen LogP contribution in [0.25, 0.3) is 0 Å². The van der Waals surface area contributed by atoms with Crippen molar-refractivity contribution in [1.82, 2.24) is 4.98 Å². The lowest BCUT2D eigenvalue weighted by Crippen LogP contribution is -2.29. The molecule has 0 fully saturated rings. The standard InChI is InChI=1S/C9H11F2NO2/c1-7-2-3-8(4-12-7)14-6-9(10,11)5-13/h2-4,13H,5-6H2,1H3/p+1. The van der Waals surface area contributed by atoms with Crippen LogP contribution < -0.4 is 4.74 Å². The zero-order chi connectivity index (χ0) is 10.6. The van der Waals surface area contributed by atoms with E-state index in [9.17, 15) is 8.78 Å². The van der Waals surface area contributed by atoms with Gasteiger partial charge < -0.3 is 9.84 Å². The zero-order valence-electron chi connectivity index (χ0n) is 7.76. The van der Waals surface area contributed by atoms with Gasteiger partial charge in [0.1, 0.15) is 5.75 Å². The maximum atomic E-state index is 12.6. The fourth-order valence-electron chi connectivity index (χ4n) is 0.780. The van der Waals surface area contributed by atoms with Gasteiger partial charge in [-0.25, -0.2) is 0 Å². The van der Waals surface area contributed by atoms with E-state index in [2.05, 4.69) is 4.98 Å². The van der Waals surface area contributed by atoms with Gasteiger partial charge in [-0.15, -0.1) is 0 Å². The minimum absolute atomic E-state index is 0.295. The van der Waals surface area contributed by atoms with Gasteiger partial charge in [0.15, 0.2) is 6.61 Å². The van der Waals surface area contributed by atoms with Gasteiger partial charge in [-0.2, -0.15) is 8.78 Å². The Labute approximate surface area is 80.3 Å². The smallest absolute Gasteiger partial charge is 0.347 e. The zero-order valence-corrected chi connectivity index (χ0v) is 7.76. The molecule has 3 nitrogen and oxygen atoms in total. The van der Waals surface area contributed by atoms with Gasteiger partial charge in [-0.3, -0.25) is 4.98 Å². The first-order valence-electron chi connectivity index (χ1n) is 4.11. The van der Waals surface area contributed by atoms with Crippen LogP contribution in [0.2, 0.25) is 0 Å². The topological polar surface area (TPSA) is 45.0 Å². The molecule has 0 aromatic carbocycles. The highest BCUT2D eigenvalue weighted by molar-refractivity contribution is 5.19. The molecule has 14 heavy (non-hydrogen) atoms. The number of aryl methyl sites for hydroxylation is 1. The van der Waals surface area contributed by atoms with E-state index in [4.69, 9.17) is 9.84 Å². The Kier molecular flexibility index (Phi) is 3.35. The van der Waals surface area contributed by atoms with Crippen molar-refractivity contribution in [2.75, 3.05) is 13.2 Å². The van der Waals surface area contributed by atoms with Crippen LogP contribution in [0.3, 0.4) is 0 Å². The predicted octanol–water partition coefficient (Wildman–Crippen LogP) is 1.13. The second-order valence-corrected chi connectivity index (χ2v) is 2.96. The summed E-state index contributed by atoms with van der Waals surface area (Å²) in [6.07, 6.45) is 1.38. The summed E-state index contributed by atoms with van der Waals surface area (Å²) in [5.74, 6) is -2.80. The number of aromatic nitrogens is 1. The molecule has 5 heteroatoms. The summed E-state index contributed by atoms with van der Waals surface area (Å²) in [5.41, 5.74) is 0.796. The van der Waals surface area contributed by atoms with E-state index >= 15 is 0 Å². The lowest BCUT2D eigenvalue weighted by Gasteiger charge is -2.11. The van der Waals surface area contributed by atoms with Crippen LogP contribution in [0.15, 0.2) is 18.3 Å². The van der Waals surface area contributed by atoms with Crippen molar-refractivity contribution < 1.29 is 18.6 Å². The van der Waals surface area contributed by atoms with Crippen LogP contribution in [-0.2, 0) is 0 Å². The number of pyridine rings is 1. The molecular weight excluding hydrogens is 192 g/mol. The third-order valence-electron chi connectivity index (χ3n) is 1.59. The maximum Gasteiger partial charge on any atom is 0.347 e. The number of hydrogen-bond acceptors (Lipinski definition) is 2. The summed E-state index contributed by atoms with van der Waals surface area (Å²) < 4.78 is 30.0. The molecule has 0 amide bonds. The average molecular weight is 204 g/mol. The van der Waals surface area contributed by atoms with Crippen LogP contribution in [-0.4, -0.2) is 29.2 Å². The van der Waals surface area contributed by atoms with Crippen molar-refractivity contribution in [3.05, 3.63) is 24.0 Å². The van der Waals surface area contributed by atoms with Crippen molar-refractivity contribution in [2.24, 2.45) is 0 Å². The molecule has 1 rings (SSSR count). The molecule has 0 aliphatic rings. The molecule has 0 saturated carbocycles. The molecule has 0 spiro atoms. The van der Waals surface area contributed by atoms with Gasteiger partial charge in [0, 0.05) is 5.69 Å². The van der Waals surface area contributed by atoms with Crippen molar-refractivity contribution in [2.45, 2.75) is 12.8 Å². The largest absolute Gasteiger partial charge is 0.485 e. The molecule has 0 radical (unpaired) electrons. The summed E-state index contributed by atoms with van der Waals surface area (Å²) in [5, 5.41) is 6.56. The van der Waals surface area contributed by atoms with Crippen molar-refractivity contribution in [3.63, 3.8) is 0 Å². The lowest BCUT2D eigenvalue weighted by molar-refractivity contribution is -0.0801. The fourth-order valence-corrected chi connectivity index (χ4v) is 0.780. The highest BCUT2D eigenvalue weighted by atomic mass is 19.3. The molecule has 0 unspecified atom stereocenters. The molecule has 0 aliphatic heterocycles. The van der Waals surface area contributed by atoms with E-state index in [0.29, 0.717) is 5.75 Å². The van der Waals surface area contributed by atoms with Gasteiger partial charge in [-0.05, 0) is 19.1 Å². The van der Waals surface area contributed by atoms with Crippen LogP contribution in [0.5, 0.6) is 5.75 Å². The van der Waals surface area contributed by atoms with Crippen molar-refractivity contribution >= 4 is 0 Å². The second-order valence-electron chi connectivity index (χ2n) is 2.96. The van der Waals surface area contributed by atoms with Crippen molar-refractivity contribution in [1.29, 1.82) is 0 Å². The summed E-state index contributed by atoms with van der Waals surface area (Å²) in [6, 6.07) is 3.25. The van der Waals surface area contributed by atoms with Gasteiger partial charge in [0.25, 0.3) is 0 Å². The Morgan fingerprint density at radius 1 is 1.50 bits per heavy atom. The molecule has 0 aliphatic carbocycles. The Bertz CT molecular complexity index is 287. The quantitative estimate of drug-likeness (QED) is 0.690. The molecule has 0 bridgehead atoms. The van der Waals surface area contributed by atoms with Gasteiger partial charge in [-0.1, -0.05) is 0 Å². The lowest BCUT2D eigenvalue weighted by atomic mass is 10.3. The predicted molar refractivity (Wildman–Crippen MR) is 47.9 cm³/mol. The first kappa shape index (κ1) is 10.8. The van der Waals surface area contributed by atoms with E-state index in [-0.39, 0.29) is 0 Å². The van der Waals surface area contributed by atoms with E-state index in [1.165, 1.54) is 6.20 Å². The van der Waals surface area contributed by atoms with Crippen LogP contribution in [0.4, 0.5) is 8.78 Å². The first-order chi connectivity index (χ1) is 6.53. The van der Waals surface area contributed by atoms with Crippen LogP contribution in [0.1, 0.15) is 5.69 Å². The average Bonchev–Trinajstić information content (AvgIpc) is 2.17. The second kappa shape index (κ2) is 4.32. The Morgan fingerprint density at radius 2 is 2.21 bits per heavy atom. The highest BCUT2D eigenvalue weighted by Gasteiger charge is 2.32. The van der Waals surface area contributed by atoms with E-state index in [0.717, 1.165) is 5.69 Å². The molecule has 1 aromatic rings. The number of alkyl halides is 2. The molecule has 1 heterocycles. The maximum absolute atomic E-state index is 12.6. The number of halogens is 2. The highest BCUT2D eigenvalue weighted by Crippen LogP contribution is 2.15. The number of rotatable bonds is 4. The van der Waals surface area contributed by atoms with E-state index in [1.54, 1.807) is 19.1 Å². The molecule has 2 N–H and O–H groups in total. The summed E-state index contributed by atoms with van der Waals surface area (Å²) in [7, 11) is 0. The molecule has 0 atom stereocenters. The number of nitrogens with zero attached hydrogens (tertiary/aromatic N) is 1. The molecule has 1 aromatic heterocycles. The summed E-state index contributed by atoms with van der Waals surface area (Å²) in [4.78, 5) is 3.89. The van der Waals surface area contributed by atoms with Gasteiger partial charge in [0.05, 0.1) is 6.20 Å². The summed E-state index contributed by atoms with van der Waals surface area (Å²) >= 11 is 0. The summed E-state index contributed by atoms with van der Waals surface area (Å²) in [6.45, 7) is 0.0513. The molecule has 78 valence electrons. The third-order valence-corrected chi connectivity index (χ3v) is 1.59. The normalized spacial score (nSPS) is 11.4. The first-order valence-corrected chi connectivity index (χ1v) is 4.11. The Balaban J connectivity index is 2.50. The minimum Gasteiger partial charge on any atom is -0.485 e. The van der Waals surface area contributed by atoms with Gasteiger partial charge in [0.2, 0.25) is 6.61 Å². The molecular formula is C9H12F2NO2+. The third kappa shape index (κ3) is 3.26. The van der Waals surface area contributed by atoms with E-state index in [1.807, 2.05) is 0 Å². The van der Waals surface area contributed by atoms with Crippen LogP contribution >= 0.6 is 0 Å². The van der Waals surface area contributed by atoms with Gasteiger partial charge >= 0.3 is 5.92 Å². The Morgan fingerprint density at radius 3 is 2.71 bits per heavy atom. The molecule has 0 saturated heterocycles.